The molecule has 126 valence electrons. The minimum atomic E-state index is -0.566. The molecule has 2 rings (SSSR count). The number of halogens is 1. The highest BCUT2D eigenvalue weighted by molar-refractivity contribution is 5.95. The number of para-hydroxylation sites is 1. The smallest absolute Gasteiger partial charge is 0.293 e. The van der Waals surface area contributed by atoms with Gasteiger partial charge in [0.15, 0.2) is 11.6 Å². The number of anilines is 1. The van der Waals surface area contributed by atoms with Gasteiger partial charge in [0.2, 0.25) is 0 Å². The fraction of sp³-hybridized carbons (Fsp3) is 0.188. The summed E-state index contributed by atoms with van der Waals surface area (Å²) in [7, 11) is 1.56. The average Bonchev–Trinajstić information content (AvgIpc) is 2.59. The Hall–Kier alpha value is -3.16. The van der Waals surface area contributed by atoms with Crippen molar-refractivity contribution < 1.29 is 18.8 Å². The van der Waals surface area contributed by atoms with E-state index in [1.807, 2.05) is 0 Å². The lowest BCUT2D eigenvalue weighted by Crippen LogP contribution is -2.28. The number of nitrogens with zero attached hydrogens (tertiary/aromatic N) is 1. The average molecular weight is 333 g/mol. The summed E-state index contributed by atoms with van der Waals surface area (Å²) >= 11 is 0. The van der Waals surface area contributed by atoms with Crippen molar-refractivity contribution in [3.05, 3.63) is 64.0 Å². The summed E-state index contributed by atoms with van der Waals surface area (Å²) in [4.78, 5) is 22.4. The van der Waals surface area contributed by atoms with Gasteiger partial charge in [-0.3, -0.25) is 14.9 Å². The molecule has 0 unspecified atom stereocenters. The number of hydrogen-bond acceptors (Lipinski definition) is 5. The largest absolute Gasteiger partial charge is 0.489 e. The van der Waals surface area contributed by atoms with Crippen LogP contribution in [0.3, 0.4) is 0 Å². The van der Waals surface area contributed by atoms with Crippen molar-refractivity contribution in [2.75, 3.05) is 25.5 Å². The van der Waals surface area contributed by atoms with E-state index in [4.69, 9.17) is 4.74 Å². The summed E-state index contributed by atoms with van der Waals surface area (Å²) in [6.07, 6.45) is 0. The van der Waals surface area contributed by atoms with Crippen LogP contribution in [0.15, 0.2) is 42.5 Å². The summed E-state index contributed by atoms with van der Waals surface area (Å²) in [6, 6.07) is 10.1. The van der Waals surface area contributed by atoms with E-state index in [1.165, 1.54) is 30.3 Å². The maximum Gasteiger partial charge on any atom is 0.293 e. The van der Waals surface area contributed by atoms with E-state index in [0.29, 0.717) is 5.69 Å². The zero-order valence-corrected chi connectivity index (χ0v) is 12.9. The van der Waals surface area contributed by atoms with Gasteiger partial charge in [-0.25, -0.2) is 4.39 Å². The Balaban J connectivity index is 1.92. The summed E-state index contributed by atoms with van der Waals surface area (Å²) < 4.78 is 18.6. The standard InChI is InChI=1S/C16H16FN3O4/c1-18-13-7-6-11(10-14(13)20(22)23)16(21)19-8-9-24-15-5-3-2-4-12(15)17/h2-7,10,18H,8-9H2,1H3,(H,19,21). The second kappa shape index (κ2) is 7.91. The van der Waals surface area contributed by atoms with E-state index < -0.39 is 16.6 Å². The van der Waals surface area contributed by atoms with E-state index in [2.05, 4.69) is 10.6 Å². The lowest BCUT2D eigenvalue weighted by Gasteiger charge is -2.09. The fourth-order valence-corrected chi connectivity index (χ4v) is 2.02. The molecule has 0 radical (unpaired) electrons. The summed E-state index contributed by atoms with van der Waals surface area (Å²) in [5.41, 5.74) is 0.291. The quantitative estimate of drug-likeness (QED) is 0.461. The van der Waals surface area contributed by atoms with Crippen LogP contribution in [0.4, 0.5) is 15.8 Å². The number of nitrogens with one attached hydrogen (secondary N) is 2. The number of carbonyl (C=O) groups excluding carboxylic acids is 1. The molecule has 0 aliphatic rings. The van der Waals surface area contributed by atoms with Crippen LogP contribution in [-0.4, -0.2) is 31.0 Å². The van der Waals surface area contributed by atoms with Gasteiger partial charge in [0.25, 0.3) is 11.6 Å². The van der Waals surface area contributed by atoms with Crippen molar-refractivity contribution in [3.63, 3.8) is 0 Å². The second-order valence-corrected chi connectivity index (χ2v) is 4.77. The number of benzene rings is 2. The number of amides is 1. The molecule has 1 amide bonds. The zero-order chi connectivity index (χ0) is 17.5. The lowest BCUT2D eigenvalue weighted by atomic mass is 10.1. The maximum absolute atomic E-state index is 13.3. The molecule has 0 fully saturated rings. The van der Waals surface area contributed by atoms with Crippen molar-refractivity contribution in [2.45, 2.75) is 0 Å². The van der Waals surface area contributed by atoms with E-state index in [0.717, 1.165) is 0 Å². The molecule has 0 atom stereocenters. The van der Waals surface area contributed by atoms with Gasteiger partial charge in [-0.05, 0) is 24.3 Å². The van der Waals surface area contributed by atoms with Crippen molar-refractivity contribution in [1.29, 1.82) is 0 Å². The SMILES string of the molecule is CNc1ccc(C(=O)NCCOc2ccccc2F)cc1[N+](=O)[O-]. The summed E-state index contributed by atoms with van der Waals surface area (Å²) in [6.45, 7) is 0.206. The monoisotopic (exact) mass is 333 g/mol. The third-order valence-corrected chi connectivity index (χ3v) is 3.21. The van der Waals surface area contributed by atoms with Gasteiger partial charge in [0.1, 0.15) is 12.3 Å². The maximum atomic E-state index is 13.3. The molecule has 0 bridgehead atoms. The first-order valence-corrected chi connectivity index (χ1v) is 7.14. The molecule has 0 aliphatic heterocycles. The van der Waals surface area contributed by atoms with Crippen LogP contribution in [-0.2, 0) is 0 Å². The van der Waals surface area contributed by atoms with Crippen LogP contribution in [0.5, 0.6) is 5.75 Å². The molecule has 8 heteroatoms. The van der Waals surface area contributed by atoms with Crippen LogP contribution >= 0.6 is 0 Å². The Morgan fingerprint density at radius 2 is 2.04 bits per heavy atom. The Morgan fingerprint density at radius 3 is 2.71 bits per heavy atom. The topological polar surface area (TPSA) is 93.5 Å². The number of rotatable bonds is 7. The van der Waals surface area contributed by atoms with Gasteiger partial charge in [-0.2, -0.15) is 0 Å². The summed E-state index contributed by atoms with van der Waals surface area (Å²) in [5, 5.41) is 16.2. The minimum Gasteiger partial charge on any atom is -0.489 e. The van der Waals surface area contributed by atoms with Crippen molar-refractivity contribution in [3.8, 4) is 5.75 Å². The van der Waals surface area contributed by atoms with E-state index in [9.17, 15) is 19.3 Å². The third kappa shape index (κ3) is 4.19. The van der Waals surface area contributed by atoms with Crippen LogP contribution in [0.2, 0.25) is 0 Å². The molecule has 0 aliphatic carbocycles. The highest BCUT2D eigenvalue weighted by atomic mass is 19.1. The molecule has 0 heterocycles. The predicted molar refractivity (Wildman–Crippen MR) is 86.9 cm³/mol. The molecule has 0 aromatic heterocycles. The summed E-state index contributed by atoms with van der Waals surface area (Å²) in [5.74, 6) is -0.860. The van der Waals surface area contributed by atoms with Crippen LogP contribution < -0.4 is 15.4 Å². The zero-order valence-electron chi connectivity index (χ0n) is 12.9. The van der Waals surface area contributed by atoms with Crippen LogP contribution in [0, 0.1) is 15.9 Å². The Labute approximate surface area is 137 Å². The number of ether oxygens (including phenoxy) is 1. The first kappa shape index (κ1) is 17.2. The van der Waals surface area contributed by atoms with Crippen LogP contribution in [0.25, 0.3) is 0 Å². The number of carbonyl (C=O) groups is 1. The van der Waals surface area contributed by atoms with Crippen molar-refractivity contribution >= 4 is 17.3 Å². The first-order valence-electron chi connectivity index (χ1n) is 7.14. The van der Waals surface area contributed by atoms with Gasteiger partial charge >= 0.3 is 0 Å². The number of hydrogen-bond donors (Lipinski definition) is 2. The van der Waals surface area contributed by atoms with Gasteiger partial charge < -0.3 is 15.4 Å². The molecule has 2 aromatic carbocycles. The molecule has 2 N–H and O–H groups in total. The van der Waals surface area contributed by atoms with Gasteiger partial charge in [0.05, 0.1) is 11.5 Å². The van der Waals surface area contributed by atoms with E-state index >= 15 is 0 Å². The molecular weight excluding hydrogens is 317 g/mol. The molecule has 0 saturated carbocycles. The van der Waals surface area contributed by atoms with Crippen molar-refractivity contribution in [2.24, 2.45) is 0 Å². The Kier molecular flexibility index (Phi) is 5.67. The number of nitro benzene ring substituents is 1. The minimum absolute atomic E-state index is 0.0728. The molecule has 2 aromatic rings. The first-order chi connectivity index (χ1) is 11.5. The van der Waals surface area contributed by atoms with Crippen LogP contribution in [0.1, 0.15) is 10.4 Å². The third-order valence-electron chi connectivity index (χ3n) is 3.21. The van der Waals surface area contributed by atoms with Gasteiger partial charge in [-0.15, -0.1) is 0 Å². The molecule has 0 saturated heterocycles. The fourth-order valence-electron chi connectivity index (χ4n) is 2.02. The normalized spacial score (nSPS) is 10.1. The molecule has 0 spiro atoms. The van der Waals surface area contributed by atoms with Gasteiger partial charge in [0, 0.05) is 18.7 Å². The predicted octanol–water partition coefficient (Wildman–Crippen LogP) is 2.58. The van der Waals surface area contributed by atoms with E-state index in [-0.39, 0.29) is 30.2 Å². The molecular formula is C16H16FN3O4. The Bertz CT molecular complexity index is 752. The molecule has 24 heavy (non-hydrogen) atoms. The molecule has 7 nitrogen and oxygen atoms in total. The second-order valence-electron chi connectivity index (χ2n) is 4.77. The van der Waals surface area contributed by atoms with Gasteiger partial charge in [-0.1, -0.05) is 12.1 Å². The van der Waals surface area contributed by atoms with E-state index in [1.54, 1.807) is 19.2 Å². The highest BCUT2D eigenvalue weighted by Gasteiger charge is 2.16. The van der Waals surface area contributed by atoms with Crippen molar-refractivity contribution in [1.82, 2.24) is 5.32 Å². The Morgan fingerprint density at radius 1 is 1.29 bits per heavy atom. The highest BCUT2D eigenvalue weighted by Crippen LogP contribution is 2.24. The number of nitro groups is 1. The lowest BCUT2D eigenvalue weighted by molar-refractivity contribution is -0.384.